The fourth-order valence-corrected chi connectivity index (χ4v) is 1.48. The lowest BCUT2D eigenvalue weighted by Gasteiger charge is -1.95. The summed E-state index contributed by atoms with van der Waals surface area (Å²) in [6.07, 6.45) is 0. The molecule has 0 unspecified atom stereocenters. The number of primary amides is 1. The summed E-state index contributed by atoms with van der Waals surface area (Å²) in [6, 6.07) is 0. The monoisotopic (exact) mass is 337 g/mol. The van der Waals surface area contributed by atoms with E-state index in [1.54, 1.807) is 0 Å². The molecule has 0 heterocycles. The van der Waals surface area contributed by atoms with Gasteiger partial charge in [0.25, 0.3) is 0 Å². The van der Waals surface area contributed by atoms with E-state index in [1.165, 1.54) is 7.05 Å². The van der Waals surface area contributed by atoms with Crippen molar-refractivity contribution in [3.05, 3.63) is 0 Å². The maximum atomic E-state index is 10.4. The van der Waals surface area contributed by atoms with Crippen LogP contribution in [0.2, 0.25) is 0 Å². The summed E-state index contributed by atoms with van der Waals surface area (Å²) in [5.41, 5.74) is 4.60. The lowest BCUT2D eigenvalue weighted by Crippen LogP contribution is -2.30. The molecule has 0 radical (unpaired) electrons. The molecule has 0 aliphatic carbocycles. The van der Waals surface area contributed by atoms with Crippen LogP contribution in [0.5, 0.6) is 0 Å². The fourth-order valence-electron chi connectivity index (χ4n) is 0.494. The summed E-state index contributed by atoms with van der Waals surface area (Å²) in [5.74, 6) is -3.73. The zero-order valence-electron chi connectivity index (χ0n) is 9.70. The molecule has 0 aromatic carbocycles. The Balaban J connectivity index is -0.000000116. The number of amides is 1. The van der Waals surface area contributed by atoms with Crippen LogP contribution in [0.1, 0.15) is 14.9 Å². The molecule has 0 fully saturated rings. The number of carbonyl (C=O) groups is 2. The number of aliphatic carboxylic acids is 1. The van der Waals surface area contributed by atoms with Gasteiger partial charge in [-0.25, -0.2) is 26.3 Å². The smallest absolute Gasteiger partial charge is 0.320 e. The Bertz CT molecular complexity index is 438. The summed E-state index contributed by atoms with van der Waals surface area (Å²) in [6.45, 7) is 0. The molecule has 5 N–H and O–H groups in total. The molecule has 0 atom stereocenters. The van der Waals surface area contributed by atoms with Gasteiger partial charge in [-0.1, -0.05) is 14.9 Å². The number of nitrogens with two attached hydrogens (primary N) is 1. The number of hydrogen-bond acceptors (Lipinski definition) is 6. The van der Waals surface area contributed by atoms with Crippen LogP contribution >= 0.6 is 0 Å². The molecule has 124 valence electrons. The van der Waals surface area contributed by atoms with Gasteiger partial charge in [0.2, 0.25) is 26.0 Å². The van der Waals surface area contributed by atoms with Crippen LogP contribution in [0.4, 0.5) is 0 Å². The summed E-state index contributed by atoms with van der Waals surface area (Å²) >= 11 is 0. The maximum Gasteiger partial charge on any atom is 0.320 e. The van der Waals surface area contributed by atoms with Crippen molar-refractivity contribution < 1.29 is 31.5 Å². The molecule has 0 aromatic rings. The average molecular weight is 337 g/mol. The Morgan fingerprint density at radius 1 is 0.950 bits per heavy atom. The molecule has 0 saturated heterocycles. The fraction of sp³-hybridized carbons (Fsp3) is 0.750. The van der Waals surface area contributed by atoms with E-state index < -0.39 is 43.4 Å². The minimum absolute atomic E-state index is 0. The van der Waals surface area contributed by atoms with Gasteiger partial charge in [0.05, 0.1) is 0 Å². The maximum absolute atomic E-state index is 10.4. The van der Waals surface area contributed by atoms with E-state index in [0.717, 1.165) is 7.05 Å². The van der Waals surface area contributed by atoms with Crippen molar-refractivity contribution in [3.8, 4) is 0 Å². The van der Waals surface area contributed by atoms with Crippen molar-refractivity contribution in [2.75, 3.05) is 25.6 Å². The zero-order chi connectivity index (χ0) is 15.0. The summed E-state index contributed by atoms with van der Waals surface area (Å²) in [4.78, 5) is 19.7. The van der Waals surface area contributed by atoms with Crippen LogP contribution < -0.4 is 15.2 Å². The number of sulfonamides is 2. The SMILES string of the molecule is C.C.CNS(=O)(=O)CC(=O)O.CNS(=O)(=O)CC(N)=O. The van der Waals surface area contributed by atoms with Gasteiger partial charge in [0.1, 0.15) is 5.75 Å². The Kier molecular flexibility index (Phi) is 15.7. The van der Waals surface area contributed by atoms with E-state index >= 15 is 0 Å². The minimum Gasteiger partial charge on any atom is -0.480 e. The molecule has 0 bridgehead atoms. The van der Waals surface area contributed by atoms with Crippen molar-refractivity contribution in [2.24, 2.45) is 5.73 Å². The molecule has 1 amide bonds. The third-order valence-corrected chi connectivity index (χ3v) is 3.80. The van der Waals surface area contributed by atoms with Gasteiger partial charge in [-0.15, -0.1) is 0 Å². The Morgan fingerprint density at radius 2 is 1.25 bits per heavy atom. The highest BCUT2D eigenvalue weighted by molar-refractivity contribution is 7.90. The number of rotatable bonds is 6. The normalized spacial score (nSPS) is 10.1. The first-order chi connectivity index (χ1) is 7.95. The van der Waals surface area contributed by atoms with Gasteiger partial charge in [0.15, 0.2) is 5.75 Å². The van der Waals surface area contributed by atoms with Crippen LogP contribution in [0, 0.1) is 0 Å². The second-order valence-electron chi connectivity index (χ2n) is 2.79. The van der Waals surface area contributed by atoms with Crippen molar-refractivity contribution >= 4 is 31.9 Å². The Morgan fingerprint density at radius 3 is 1.35 bits per heavy atom. The summed E-state index contributed by atoms with van der Waals surface area (Å²) < 4.78 is 45.2. The summed E-state index contributed by atoms with van der Waals surface area (Å²) in [5, 5.41) is 7.96. The quantitative estimate of drug-likeness (QED) is 0.430. The molecular formula is C8H23N3O7S2. The molecule has 0 rings (SSSR count). The van der Waals surface area contributed by atoms with Crippen molar-refractivity contribution in [3.63, 3.8) is 0 Å². The second kappa shape index (κ2) is 11.6. The van der Waals surface area contributed by atoms with Crippen molar-refractivity contribution in [1.82, 2.24) is 9.44 Å². The first-order valence-corrected chi connectivity index (χ1v) is 7.58. The number of nitrogens with one attached hydrogen (secondary N) is 2. The molecular weight excluding hydrogens is 314 g/mol. The van der Waals surface area contributed by atoms with E-state index in [-0.39, 0.29) is 14.9 Å². The molecule has 0 aromatic heterocycles. The predicted molar refractivity (Wildman–Crippen MR) is 76.0 cm³/mol. The van der Waals surface area contributed by atoms with Crippen LogP contribution in [-0.2, 0) is 29.6 Å². The van der Waals surface area contributed by atoms with E-state index in [0.29, 0.717) is 0 Å². The van der Waals surface area contributed by atoms with Gasteiger partial charge in [-0.3, -0.25) is 9.59 Å². The molecule has 0 spiro atoms. The third kappa shape index (κ3) is 19.1. The number of carbonyl (C=O) groups excluding carboxylic acids is 1. The van der Waals surface area contributed by atoms with E-state index in [9.17, 15) is 26.4 Å². The van der Waals surface area contributed by atoms with Crippen LogP contribution in [0.25, 0.3) is 0 Å². The standard InChI is InChI=1S/C3H8N2O3S.C3H7NO4S.2CH4/c1-5-9(7,8)2-3(4)6;1-4-9(7,8)2-3(5)6;;/h5H,2H2,1H3,(H2,4,6);4H,2H2,1H3,(H,5,6);2*1H4. The van der Waals surface area contributed by atoms with Gasteiger partial charge in [-0.2, -0.15) is 0 Å². The highest BCUT2D eigenvalue weighted by atomic mass is 32.2. The Labute approximate surface area is 119 Å². The molecule has 0 aliphatic rings. The third-order valence-electron chi connectivity index (χ3n) is 1.27. The zero-order valence-corrected chi connectivity index (χ0v) is 11.3. The topological polar surface area (TPSA) is 173 Å². The van der Waals surface area contributed by atoms with Gasteiger partial charge in [-0.05, 0) is 14.1 Å². The highest BCUT2D eigenvalue weighted by Crippen LogP contribution is 1.79. The number of hydrogen-bond donors (Lipinski definition) is 4. The van der Waals surface area contributed by atoms with Gasteiger partial charge in [0, 0.05) is 0 Å². The first kappa shape index (κ1) is 27.2. The van der Waals surface area contributed by atoms with Gasteiger partial charge < -0.3 is 10.8 Å². The Hall–Kier alpha value is -1.24. The molecule has 20 heavy (non-hydrogen) atoms. The predicted octanol–water partition coefficient (Wildman–Crippen LogP) is -2.09. The first-order valence-electron chi connectivity index (χ1n) is 4.28. The van der Waals surface area contributed by atoms with Crippen LogP contribution in [0.3, 0.4) is 0 Å². The molecule has 10 nitrogen and oxygen atoms in total. The number of carboxylic acid groups (broad SMARTS) is 1. The van der Waals surface area contributed by atoms with Crippen molar-refractivity contribution in [1.29, 1.82) is 0 Å². The van der Waals surface area contributed by atoms with Crippen molar-refractivity contribution in [2.45, 2.75) is 14.9 Å². The highest BCUT2D eigenvalue weighted by Gasteiger charge is 2.11. The lowest BCUT2D eigenvalue weighted by atomic mass is 10.8. The van der Waals surface area contributed by atoms with E-state index in [2.05, 4.69) is 5.73 Å². The summed E-state index contributed by atoms with van der Waals surface area (Å²) in [7, 11) is -4.63. The van der Waals surface area contributed by atoms with E-state index in [4.69, 9.17) is 5.11 Å². The molecule has 12 heteroatoms. The average Bonchev–Trinajstić information content (AvgIpc) is 2.15. The lowest BCUT2D eigenvalue weighted by molar-refractivity contribution is -0.134. The van der Waals surface area contributed by atoms with Crippen LogP contribution in [-0.4, -0.2) is 59.4 Å². The second-order valence-corrected chi connectivity index (χ2v) is 6.64. The number of carboxylic acids is 1. The molecule has 0 aliphatic heterocycles. The van der Waals surface area contributed by atoms with Gasteiger partial charge >= 0.3 is 5.97 Å². The minimum atomic E-state index is -3.57. The van der Waals surface area contributed by atoms with E-state index in [1.807, 2.05) is 9.44 Å². The largest absolute Gasteiger partial charge is 0.480 e. The van der Waals surface area contributed by atoms with Crippen LogP contribution in [0.15, 0.2) is 0 Å². The molecule has 0 saturated carbocycles.